The zero-order chi connectivity index (χ0) is 14.0. The third kappa shape index (κ3) is 3.21. The summed E-state index contributed by atoms with van der Waals surface area (Å²) in [5, 5.41) is 7.33. The maximum atomic E-state index is 12.0. The Hall–Kier alpha value is -1.60. The Labute approximate surface area is 107 Å². The van der Waals surface area contributed by atoms with Crippen molar-refractivity contribution in [3.05, 3.63) is 24.3 Å². The molecule has 7 heteroatoms. The van der Waals surface area contributed by atoms with Crippen molar-refractivity contribution < 1.29 is 13.2 Å². The van der Waals surface area contributed by atoms with Gasteiger partial charge in [0.05, 0.1) is 17.5 Å². The van der Waals surface area contributed by atoms with Gasteiger partial charge in [0.2, 0.25) is 10.0 Å². The van der Waals surface area contributed by atoms with Crippen LogP contribution in [0.2, 0.25) is 0 Å². The van der Waals surface area contributed by atoms with Gasteiger partial charge in [-0.1, -0.05) is 0 Å². The van der Waals surface area contributed by atoms with Crippen LogP contribution in [0.1, 0.15) is 13.8 Å². The first-order valence-electron chi connectivity index (χ1n) is 5.21. The highest BCUT2D eigenvalue weighted by molar-refractivity contribution is 7.89. The SMILES string of the molecule is COc1ccc(S(=O)(=O)NC(C)(C)C(=N)N)cc1. The fourth-order valence-electron chi connectivity index (χ4n) is 1.20. The van der Waals surface area contributed by atoms with Gasteiger partial charge < -0.3 is 10.5 Å². The van der Waals surface area contributed by atoms with Crippen LogP contribution in [-0.2, 0) is 10.0 Å². The Morgan fingerprint density at radius 1 is 1.33 bits per heavy atom. The fraction of sp³-hybridized carbons (Fsp3) is 0.364. The van der Waals surface area contributed by atoms with Crippen molar-refractivity contribution in [1.29, 1.82) is 5.41 Å². The average molecular weight is 271 g/mol. The van der Waals surface area contributed by atoms with Gasteiger partial charge in [-0.3, -0.25) is 5.41 Å². The lowest BCUT2D eigenvalue weighted by Gasteiger charge is -2.24. The van der Waals surface area contributed by atoms with Crippen LogP contribution in [0.25, 0.3) is 0 Å². The molecule has 0 unspecified atom stereocenters. The van der Waals surface area contributed by atoms with Gasteiger partial charge in [-0.25, -0.2) is 8.42 Å². The van der Waals surface area contributed by atoms with E-state index in [2.05, 4.69) is 4.72 Å². The third-order valence-electron chi connectivity index (χ3n) is 2.43. The summed E-state index contributed by atoms with van der Waals surface area (Å²) in [5.41, 5.74) is 4.21. The Balaban J connectivity index is 3.03. The van der Waals surface area contributed by atoms with Crippen molar-refractivity contribution in [3.63, 3.8) is 0 Å². The highest BCUT2D eigenvalue weighted by Gasteiger charge is 2.28. The van der Waals surface area contributed by atoms with Gasteiger partial charge in [-0.05, 0) is 38.1 Å². The minimum atomic E-state index is -3.71. The van der Waals surface area contributed by atoms with Crippen molar-refractivity contribution in [3.8, 4) is 5.75 Å². The standard InChI is InChI=1S/C11H17N3O3S/c1-11(2,10(12)13)14-18(15,16)9-6-4-8(17-3)5-7-9/h4-7,14H,1-3H3,(H3,12,13). The van der Waals surface area contributed by atoms with E-state index < -0.39 is 15.6 Å². The average Bonchev–Trinajstić information content (AvgIpc) is 2.27. The number of methoxy groups -OCH3 is 1. The minimum Gasteiger partial charge on any atom is -0.497 e. The van der Waals surface area contributed by atoms with Crippen LogP contribution in [0, 0.1) is 5.41 Å². The second-order valence-electron chi connectivity index (χ2n) is 4.32. The van der Waals surface area contributed by atoms with E-state index in [9.17, 15) is 8.42 Å². The lowest BCUT2D eigenvalue weighted by atomic mass is 10.1. The number of rotatable bonds is 5. The predicted molar refractivity (Wildman–Crippen MR) is 69.3 cm³/mol. The van der Waals surface area contributed by atoms with Gasteiger partial charge in [0.25, 0.3) is 0 Å². The van der Waals surface area contributed by atoms with Crippen molar-refractivity contribution in [1.82, 2.24) is 4.72 Å². The summed E-state index contributed by atoms with van der Waals surface area (Å²) < 4.78 is 31.4. The molecule has 1 rings (SSSR count). The molecule has 1 aromatic carbocycles. The van der Waals surface area contributed by atoms with Crippen LogP contribution >= 0.6 is 0 Å². The predicted octanol–water partition coefficient (Wildman–Crippen LogP) is 0.688. The van der Waals surface area contributed by atoms with E-state index in [1.165, 1.54) is 33.1 Å². The number of ether oxygens (including phenoxy) is 1. The molecule has 0 saturated carbocycles. The number of hydrogen-bond donors (Lipinski definition) is 3. The molecule has 1 aromatic rings. The zero-order valence-corrected chi connectivity index (χ0v) is 11.3. The summed E-state index contributed by atoms with van der Waals surface area (Å²) in [6.07, 6.45) is 0. The molecule has 0 saturated heterocycles. The molecular weight excluding hydrogens is 254 g/mol. The third-order valence-corrected chi connectivity index (χ3v) is 4.10. The van der Waals surface area contributed by atoms with Gasteiger partial charge in [-0.15, -0.1) is 0 Å². The fourth-order valence-corrected chi connectivity index (χ4v) is 2.60. The van der Waals surface area contributed by atoms with Crippen molar-refractivity contribution >= 4 is 15.9 Å². The van der Waals surface area contributed by atoms with Crippen LogP contribution in [0.4, 0.5) is 0 Å². The molecule has 18 heavy (non-hydrogen) atoms. The Morgan fingerprint density at radius 3 is 2.22 bits per heavy atom. The quantitative estimate of drug-likeness (QED) is 0.541. The second kappa shape index (κ2) is 4.95. The summed E-state index contributed by atoms with van der Waals surface area (Å²) in [6.45, 7) is 3.05. The van der Waals surface area contributed by atoms with Crippen LogP contribution in [0.5, 0.6) is 5.75 Å². The summed E-state index contributed by atoms with van der Waals surface area (Å²) in [7, 11) is -2.21. The molecule has 0 aliphatic heterocycles. The molecule has 0 aliphatic rings. The molecule has 4 N–H and O–H groups in total. The lowest BCUT2D eigenvalue weighted by molar-refractivity contribution is 0.414. The van der Waals surface area contributed by atoms with Gasteiger partial charge in [0.15, 0.2) is 0 Å². The summed E-state index contributed by atoms with van der Waals surface area (Å²) in [4.78, 5) is 0.0950. The van der Waals surface area contributed by atoms with E-state index >= 15 is 0 Å². The molecule has 0 bridgehead atoms. The van der Waals surface area contributed by atoms with Crippen molar-refractivity contribution in [2.45, 2.75) is 24.3 Å². The lowest BCUT2D eigenvalue weighted by Crippen LogP contribution is -2.52. The number of benzene rings is 1. The number of amidine groups is 1. The molecule has 6 nitrogen and oxygen atoms in total. The van der Waals surface area contributed by atoms with Crippen molar-refractivity contribution in [2.75, 3.05) is 7.11 Å². The largest absolute Gasteiger partial charge is 0.497 e. The van der Waals surface area contributed by atoms with Gasteiger partial charge in [-0.2, -0.15) is 4.72 Å². The van der Waals surface area contributed by atoms with Crippen LogP contribution in [0.15, 0.2) is 29.2 Å². The first-order chi connectivity index (χ1) is 8.19. The maximum Gasteiger partial charge on any atom is 0.241 e. The van der Waals surface area contributed by atoms with Gasteiger partial charge in [0.1, 0.15) is 11.6 Å². The number of hydrogen-bond acceptors (Lipinski definition) is 4. The van der Waals surface area contributed by atoms with Crippen LogP contribution < -0.4 is 15.2 Å². The molecule has 0 spiro atoms. The Morgan fingerprint density at radius 2 is 1.83 bits per heavy atom. The van der Waals surface area contributed by atoms with E-state index in [4.69, 9.17) is 15.9 Å². The molecule has 0 amide bonds. The summed E-state index contributed by atoms with van der Waals surface area (Å²) >= 11 is 0. The maximum absolute atomic E-state index is 12.0. The molecule has 0 radical (unpaired) electrons. The topological polar surface area (TPSA) is 105 Å². The van der Waals surface area contributed by atoms with E-state index in [1.807, 2.05) is 0 Å². The first kappa shape index (κ1) is 14.5. The van der Waals surface area contributed by atoms with E-state index in [-0.39, 0.29) is 10.7 Å². The Kier molecular flexibility index (Phi) is 3.98. The van der Waals surface area contributed by atoms with E-state index in [0.717, 1.165) is 0 Å². The molecule has 0 atom stereocenters. The number of sulfonamides is 1. The summed E-state index contributed by atoms with van der Waals surface area (Å²) in [6, 6.07) is 5.96. The summed E-state index contributed by atoms with van der Waals surface area (Å²) in [5.74, 6) is 0.319. The molecule has 0 heterocycles. The Bertz CT molecular complexity index is 535. The highest BCUT2D eigenvalue weighted by atomic mass is 32.2. The number of nitrogens with one attached hydrogen (secondary N) is 2. The van der Waals surface area contributed by atoms with Gasteiger partial charge >= 0.3 is 0 Å². The molecule has 0 aromatic heterocycles. The minimum absolute atomic E-state index is 0.0950. The normalized spacial score (nSPS) is 12.2. The highest BCUT2D eigenvalue weighted by Crippen LogP contribution is 2.17. The monoisotopic (exact) mass is 271 g/mol. The van der Waals surface area contributed by atoms with Crippen LogP contribution in [0.3, 0.4) is 0 Å². The molecule has 100 valence electrons. The molecular formula is C11H17N3O3S. The van der Waals surface area contributed by atoms with E-state index in [1.54, 1.807) is 12.1 Å². The number of nitrogens with two attached hydrogens (primary N) is 1. The zero-order valence-electron chi connectivity index (χ0n) is 10.5. The second-order valence-corrected chi connectivity index (χ2v) is 6.00. The van der Waals surface area contributed by atoms with E-state index in [0.29, 0.717) is 5.75 Å². The van der Waals surface area contributed by atoms with Crippen molar-refractivity contribution in [2.24, 2.45) is 5.73 Å². The first-order valence-corrected chi connectivity index (χ1v) is 6.70. The molecule has 0 aliphatic carbocycles. The smallest absolute Gasteiger partial charge is 0.241 e. The van der Waals surface area contributed by atoms with Gasteiger partial charge in [0, 0.05) is 0 Å². The van der Waals surface area contributed by atoms with Crippen LogP contribution in [-0.4, -0.2) is 26.9 Å². The molecule has 0 fully saturated rings.